The van der Waals surface area contributed by atoms with E-state index in [1.807, 2.05) is 13.8 Å². The van der Waals surface area contributed by atoms with E-state index in [-0.39, 0.29) is 0 Å². The number of hydrogen-bond acceptors (Lipinski definition) is 2. The molecule has 0 amide bonds. The van der Waals surface area contributed by atoms with Crippen LogP contribution in [0.15, 0.2) is 0 Å². The molecule has 0 unspecified atom stereocenters. The van der Waals surface area contributed by atoms with Gasteiger partial charge in [0.15, 0.2) is 0 Å². The molecule has 0 heterocycles. The SMILES string of the molecule is CCCC(N)(C=O)CCC. The van der Waals surface area contributed by atoms with Gasteiger partial charge in [0.1, 0.15) is 6.29 Å². The average Bonchev–Trinajstić information content (AvgIpc) is 1.89. The number of rotatable bonds is 5. The highest BCUT2D eigenvalue weighted by Gasteiger charge is 2.20. The second-order valence-corrected chi connectivity index (χ2v) is 2.85. The van der Waals surface area contributed by atoms with Gasteiger partial charge in [0, 0.05) is 0 Å². The van der Waals surface area contributed by atoms with Crippen LogP contribution in [0.4, 0.5) is 0 Å². The zero-order valence-corrected chi connectivity index (χ0v) is 6.89. The Labute approximate surface area is 62.8 Å². The van der Waals surface area contributed by atoms with Gasteiger partial charge in [0.25, 0.3) is 0 Å². The van der Waals surface area contributed by atoms with Crippen LogP contribution in [0.25, 0.3) is 0 Å². The van der Waals surface area contributed by atoms with Crippen molar-refractivity contribution < 1.29 is 4.79 Å². The minimum Gasteiger partial charge on any atom is -0.319 e. The normalized spacial score (nSPS) is 11.5. The van der Waals surface area contributed by atoms with E-state index in [1.54, 1.807) is 0 Å². The topological polar surface area (TPSA) is 43.1 Å². The summed E-state index contributed by atoms with van der Waals surface area (Å²) < 4.78 is 0. The third-order valence-electron chi connectivity index (χ3n) is 1.67. The van der Waals surface area contributed by atoms with Crippen LogP contribution in [0.5, 0.6) is 0 Å². The molecule has 2 nitrogen and oxygen atoms in total. The number of hydrogen-bond donors (Lipinski definition) is 1. The van der Waals surface area contributed by atoms with Crippen LogP contribution in [-0.4, -0.2) is 11.8 Å². The van der Waals surface area contributed by atoms with E-state index in [0.717, 1.165) is 32.0 Å². The largest absolute Gasteiger partial charge is 0.319 e. The van der Waals surface area contributed by atoms with Gasteiger partial charge in [-0.2, -0.15) is 0 Å². The molecule has 0 aromatic heterocycles. The monoisotopic (exact) mass is 143 g/mol. The molecule has 0 saturated carbocycles. The summed E-state index contributed by atoms with van der Waals surface area (Å²) in [5.74, 6) is 0. The van der Waals surface area contributed by atoms with Crippen molar-refractivity contribution in [3.05, 3.63) is 0 Å². The van der Waals surface area contributed by atoms with Crippen LogP contribution in [-0.2, 0) is 4.79 Å². The lowest BCUT2D eigenvalue weighted by Crippen LogP contribution is -2.41. The van der Waals surface area contributed by atoms with E-state index < -0.39 is 5.54 Å². The third-order valence-corrected chi connectivity index (χ3v) is 1.67. The van der Waals surface area contributed by atoms with Crippen molar-refractivity contribution in [2.75, 3.05) is 0 Å². The maximum Gasteiger partial charge on any atom is 0.139 e. The Kier molecular flexibility index (Phi) is 4.28. The van der Waals surface area contributed by atoms with E-state index in [2.05, 4.69) is 0 Å². The summed E-state index contributed by atoms with van der Waals surface area (Å²) in [5, 5.41) is 0. The summed E-state index contributed by atoms with van der Waals surface area (Å²) in [6.45, 7) is 4.08. The zero-order chi connectivity index (χ0) is 8.04. The molecule has 0 aromatic rings. The number of carbonyl (C=O) groups excluding carboxylic acids is 1. The molecule has 0 aliphatic heterocycles. The van der Waals surface area contributed by atoms with Crippen LogP contribution < -0.4 is 5.73 Å². The van der Waals surface area contributed by atoms with Crippen molar-refractivity contribution in [3.63, 3.8) is 0 Å². The molecule has 0 rings (SSSR count). The lowest BCUT2D eigenvalue weighted by atomic mass is 9.92. The summed E-state index contributed by atoms with van der Waals surface area (Å²) in [7, 11) is 0. The molecular formula is C8H17NO. The average molecular weight is 143 g/mol. The van der Waals surface area contributed by atoms with Crippen LogP contribution >= 0.6 is 0 Å². The van der Waals surface area contributed by atoms with E-state index >= 15 is 0 Å². The molecule has 2 N–H and O–H groups in total. The second-order valence-electron chi connectivity index (χ2n) is 2.85. The third kappa shape index (κ3) is 2.97. The van der Waals surface area contributed by atoms with E-state index in [1.165, 1.54) is 0 Å². The van der Waals surface area contributed by atoms with Gasteiger partial charge in [0.2, 0.25) is 0 Å². The van der Waals surface area contributed by atoms with E-state index in [9.17, 15) is 4.79 Å². The van der Waals surface area contributed by atoms with Crippen molar-refractivity contribution in [1.82, 2.24) is 0 Å². The smallest absolute Gasteiger partial charge is 0.139 e. The lowest BCUT2D eigenvalue weighted by molar-refractivity contribution is -0.112. The molecule has 0 aliphatic carbocycles. The first-order valence-electron chi connectivity index (χ1n) is 3.93. The molecule has 0 fully saturated rings. The second kappa shape index (κ2) is 4.45. The molecule has 10 heavy (non-hydrogen) atoms. The van der Waals surface area contributed by atoms with Gasteiger partial charge >= 0.3 is 0 Å². The van der Waals surface area contributed by atoms with Crippen LogP contribution in [0.1, 0.15) is 39.5 Å². The highest BCUT2D eigenvalue weighted by Crippen LogP contribution is 2.12. The Morgan fingerprint density at radius 2 is 1.70 bits per heavy atom. The first-order chi connectivity index (χ1) is 4.68. The molecule has 0 atom stereocenters. The van der Waals surface area contributed by atoms with Gasteiger partial charge < -0.3 is 10.5 Å². The van der Waals surface area contributed by atoms with Crippen LogP contribution in [0.3, 0.4) is 0 Å². The number of aldehydes is 1. The highest BCUT2D eigenvalue weighted by atomic mass is 16.1. The summed E-state index contributed by atoms with van der Waals surface area (Å²) in [4.78, 5) is 10.5. The van der Waals surface area contributed by atoms with Crippen molar-refractivity contribution in [2.45, 2.75) is 45.1 Å². The van der Waals surface area contributed by atoms with Gasteiger partial charge in [-0.3, -0.25) is 0 Å². The molecule has 60 valence electrons. The van der Waals surface area contributed by atoms with Crippen molar-refractivity contribution in [1.29, 1.82) is 0 Å². The van der Waals surface area contributed by atoms with Gasteiger partial charge in [-0.1, -0.05) is 26.7 Å². The fraction of sp³-hybridized carbons (Fsp3) is 0.875. The molecule has 0 aromatic carbocycles. The molecule has 0 radical (unpaired) electrons. The van der Waals surface area contributed by atoms with E-state index in [4.69, 9.17) is 5.73 Å². The van der Waals surface area contributed by atoms with Crippen molar-refractivity contribution in [2.24, 2.45) is 5.73 Å². The van der Waals surface area contributed by atoms with Crippen molar-refractivity contribution in [3.8, 4) is 0 Å². The van der Waals surface area contributed by atoms with Gasteiger partial charge in [-0.05, 0) is 12.8 Å². The lowest BCUT2D eigenvalue weighted by Gasteiger charge is -2.20. The minimum atomic E-state index is -0.538. The Hall–Kier alpha value is -0.370. The molecule has 0 saturated heterocycles. The maximum atomic E-state index is 10.5. The molecule has 0 spiro atoms. The predicted molar refractivity (Wildman–Crippen MR) is 42.8 cm³/mol. The first-order valence-corrected chi connectivity index (χ1v) is 3.93. The maximum absolute atomic E-state index is 10.5. The quantitative estimate of drug-likeness (QED) is 0.592. The van der Waals surface area contributed by atoms with E-state index in [0.29, 0.717) is 0 Å². The van der Waals surface area contributed by atoms with Crippen LogP contribution in [0, 0.1) is 0 Å². The first kappa shape index (κ1) is 9.63. The zero-order valence-electron chi connectivity index (χ0n) is 6.89. The summed E-state index contributed by atoms with van der Waals surface area (Å²) in [5.41, 5.74) is 5.21. The van der Waals surface area contributed by atoms with Crippen LogP contribution in [0.2, 0.25) is 0 Å². The summed E-state index contributed by atoms with van der Waals surface area (Å²) in [6.07, 6.45) is 4.47. The Bertz CT molecular complexity index is 95.4. The molecule has 2 heteroatoms. The molecular weight excluding hydrogens is 126 g/mol. The number of nitrogens with two attached hydrogens (primary N) is 1. The standard InChI is InChI=1S/C8H17NO/c1-3-5-8(9,7-10)6-4-2/h7H,3-6,9H2,1-2H3. The highest BCUT2D eigenvalue weighted by molar-refractivity contribution is 5.63. The molecule has 0 aliphatic rings. The summed E-state index contributed by atoms with van der Waals surface area (Å²) in [6, 6.07) is 0. The van der Waals surface area contributed by atoms with Gasteiger partial charge in [-0.25, -0.2) is 0 Å². The van der Waals surface area contributed by atoms with Gasteiger partial charge in [0.05, 0.1) is 5.54 Å². The minimum absolute atomic E-state index is 0.538. The molecule has 0 bridgehead atoms. The fourth-order valence-electron chi connectivity index (χ4n) is 1.17. The van der Waals surface area contributed by atoms with Gasteiger partial charge in [-0.15, -0.1) is 0 Å². The Morgan fingerprint density at radius 1 is 1.30 bits per heavy atom. The van der Waals surface area contributed by atoms with Crippen molar-refractivity contribution >= 4 is 6.29 Å². The Balaban J connectivity index is 3.81. The Morgan fingerprint density at radius 3 is 1.90 bits per heavy atom. The number of carbonyl (C=O) groups is 1. The predicted octanol–water partition coefficient (Wildman–Crippen LogP) is 1.48. The fourth-order valence-corrected chi connectivity index (χ4v) is 1.17. The summed E-state index contributed by atoms with van der Waals surface area (Å²) >= 11 is 0.